The summed E-state index contributed by atoms with van der Waals surface area (Å²) in [5.41, 5.74) is 2.21. The van der Waals surface area contributed by atoms with E-state index in [4.69, 9.17) is 0 Å². The first-order chi connectivity index (χ1) is 10.3. The number of hydrogen-bond acceptors (Lipinski definition) is 4. The number of fused-ring (bicyclic) bond motifs is 1. The molecule has 1 atom stereocenters. The fraction of sp³-hybridized carbons (Fsp3) is 0.312. The Morgan fingerprint density at radius 2 is 2.14 bits per heavy atom. The molecule has 110 valence electrons. The summed E-state index contributed by atoms with van der Waals surface area (Å²) in [5, 5.41) is 12.4. The Balaban J connectivity index is 1.74. The number of aliphatic hydroxyl groups is 1. The van der Waals surface area contributed by atoms with Gasteiger partial charge in [0.15, 0.2) is 0 Å². The third-order valence-corrected chi connectivity index (χ3v) is 5.79. The highest BCUT2D eigenvalue weighted by Gasteiger charge is 2.20. The Morgan fingerprint density at radius 3 is 2.86 bits per heavy atom. The monoisotopic (exact) mass is 319 g/mol. The van der Waals surface area contributed by atoms with Gasteiger partial charge in [-0.2, -0.15) is 11.8 Å². The molecule has 0 spiro atoms. The van der Waals surface area contributed by atoms with Crippen molar-refractivity contribution in [1.29, 1.82) is 0 Å². The predicted molar refractivity (Wildman–Crippen MR) is 87.9 cm³/mol. The molecule has 2 aromatic rings. The average Bonchev–Trinajstić information content (AvgIpc) is 2.97. The molecule has 2 heterocycles. The minimum Gasteiger partial charge on any atom is -0.394 e. The summed E-state index contributed by atoms with van der Waals surface area (Å²) >= 11 is 3.50. The number of thiophene rings is 1. The van der Waals surface area contributed by atoms with Crippen molar-refractivity contribution in [2.24, 2.45) is 0 Å². The number of carbonyl (C=O) groups is 1. The molecule has 0 radical (unpaired) electrons. The number of aliphatic hydroxyl groups excluding tert-OH is 1. The minimum atomic E-state index is -0.354. The van der Waals surface area contributed by atoms with Gasteiger partial charge >= 0.3 is 0 Å². The van der Waals surface area contributed by atoms with Crippen LogP contribution in [-0.4, -0.2) is 23.4 Å². The second kappa shape index (κ2) is 6.64. The highest BCUT2D eigenvalue weighted by atomic mass is 32.2. The Hall–Kier alpha value is -1.30. The van der Waals surface area contributed by atoms with Crippen molar-refractivity contribution in [2.45, 2.75) is 18.2 Å². The second-order valence-electron chi connectivity index (χ2n) is 4.98. The Labute approximate surface area is 132 Å². The van der Waals surface area contributed by atoms with Crippen molar-refractivity contribution < 1.29 is 9.90 Å². The van der Waals surface area contributed by atoms with Crippen LogP contribution in [0, 0.1) is 0 Å². The fourth-order valence-corrected chi connectivity index (χ4v) is 4.68. The molecule has 0 aliphatic carbocycles. The average molecular weight is 319 g/mol. The smallest absolute Gasteiger partial charge is 0.261 e. The van der Waals surface area contributed by atoms with E-state index in [9.17, 15) is 9.90 Å². The van der Waals surface area contributed by atoms with E-state index in [1.165, 1.54) is 10.4 Å². The number of nitrogens with one attached hydrogen (secondary N) is 1. The van der Waals surface area contributed by atoms with E-state index in [0.717, 1.165) is 28.4 Å². The molecule has 0 bridgehead atoms. The van der Waals surface area contributed by atoms with Gasteiger partial charge in [-0.05, 0) is 29.4 Å². The summed E-state index contributed by atoms with van der Waals surface area (Å²) in [6, 6.07) is 11.2. The first-order valence-electron chi connectivity index (χ1n) is 6.94. The van der Waals surface area contributed by atoms with Crippen molar-refractivity contribution in [2.75, 3.05) is 12.4 Å². The van der Waals surface area contributed by atoms with Crippen LogP contribution in [0.3, 0.4) is 0 Å². The van der Waals surface area contributed by atoms with E-state index in [1.807, 2.05) is 48.2 Å². The van der Waals surface area contributed by atoms with Crippen LogP contribution in [0.1, 0.15) is 31.7 Å². The molecule has 3 nitrogen and oxygen atoms in total. The Kier molecular flexibility index (Phi) is 4.63. The molecule has 0 saturated carbocycles. The van der Waals surface area contributed by atoms with Crippen molar-refractivity contribution in [3.05, 3.63) is 57.3 Å². The van der Waals surface area contributed by atoms with Crippen molar-refractivity contribution in [3.63, 3.8) is 0 Å². The van der Waals surface area contributed by atoms with Crippen LogP contribution in [-0.2, 0) is 12.2 Å². The van der Waals surface area contributed by atoms with E-state index >= 15 is 0 Å². The number of rotatable bonds is 4. The highest BCUT2D eigenvalue weighted by Crippen LogP contribution is 2.31. The lowest BCUT2D eigenvalue weighted by Gasteiger charge is -2.16. The van der Waals surface area contributed by atoms with Gasteiger partial charge in [0.2, 0.25) is 0 Å². The molecule has 3 rings (SSSR count). The van der Waals surface area contributed by atoms with Crippen LogP contribution >= 0.6 is 23.1 Å². The van der Waals surface area contributed by atoms with Crippen molar-refractivity contribution in [1.82, 2.24) is 5.32 Å². The van der Waals surface area contributed by atoms with Gasteiger partial charge in [-0.1, -0.05) is 30.3 Å². The molecule has 5 heteroatoms. The number of thioether (sulfide) groups is 1. The number of amides is 1. The van der Waals surface area contributed by atoms with Crippen LogP contribution in [0.4, 0.5) is 0 Å². The Bertz CT molecular complexity index is 601. The van der Waals surface area contributed by atoms with Gasteiger partial charge in [-0.25, -0.2) is 0 Å². The van der Waals surface area contributed by atoms with Gasteiger partial charge in [0, 0.05) is 10.6 Å². The molecule has 21 heavy (non-hydrogen) atoms. The summed E-state index contributed by atoms with van der Waals surface area (Å²) in [6.07, 6.45) is 1.06. The first kappa shape index (κ1) is 14.6. The van der Waals surface area contributed by atoms with Crippen LogP contribution in [0.15, 0.2) is 36.4 Å². The normalized spacial score (nSPS) is 15.3. The lowest BCUT2D eigenvalue weighted by Crippen LogP contribution is -2.30. The minimum absolute atomic E-state index is 0.0951. The van der Waals surface area contributed by atoms with Crippen molar-refractivity contribution >= 4 is 29.0 Å². The first-order valence-corrected chi connectivity index (χ1v) is 8.91. The molecule has 1 aromatic carbocycles. The molecule has 1 aromatic heterocycles. The molecule has 2 N–H and O–H groups in total. The number of aryl methyl sites for hydroxylation is 1. The maximum Gasteiger partial charge on any atom is 0.261 e. The zero-order valence-electron chi connectivity index (χ0n) is 11.5. The van der Waals surface area contributed by atoms with Gasteiger partial charge in [-0.3, -0.25) is 4.79 Å². The number of carbonyl (C=O) groups excluding carboxylic acids is 1. The largest absolute Gasteiger partial charge is 0.394 e. The summed E-state index contributed by atoms with van der Waals surface area (Å²) in [7, 11) is 0. The standard InChI is InChI=1S/C16H17NO2S2/c18-9-13(11-4-2-1-3-5-11)17-16(19)15-8-12-10-20-7-6-14(12)21-15/h1-5,8,13,18H,6-7,9-10H2,(H,17,19)/t13-/m1/s1. The molecule has 0 saturated heterocycles. The lowest BCUT2D eigenvalue weighted by molar-refractivity contribution is 0.0920. The quantitative estimate of drug-likeness (QED) is 0.911. The predicted octanol–water partition coefficient (Wildman–Crippen LogP) is 3.00. The highest BCUT2D eigenvalue weighted by molar-refractivity contribution is 7.98. The topological polar surface area (TPSA) is 49.3 Å². The van der Waals surface area contributed by atoms with E-state index in [-0.39, 0.29) is 18.6 Å². The fourth-order valence-electron chi connectivity index (χ4n) is 2.41. The lowest BCUT2D eigenvalue weighted by atomic mass is 10.1. The molecule has 0 unspecified atom stereocenters. The Morgan fingerprint density at radius 1 is 1.33 bits per heavy atom. The number of hydrogen-bond donors (Lipinski definition) is 2. The van der Waals surface area contributed by atoms with E-state index < -0.39 is 0 Å². The van der Waals surface area contributed by atoms with Gasteiger partial charge in [0.1, 0.15) is 0 Å². The van der Waals surface area contributed by atoms with Crippen LogP contribution < -0.4 is 5.32 Å². The van der Waals surface area contributed by atoms with E-state index in [2.05, 4.69) is 5.32 Å². The maximum atomic E-state index is 12.4. The molecule has 1 aliphatic rings. The molecule has 0 fully saturated rings. The van der Waals surface area contributed by atoms with Gasteiger partial charge in [0.05, 0.1) is 17.5 Å². The third kappa shape index (κ3) is 3.31. The van der Waals surface area contributed by atoms with Gasteiger partial charge in [-0.15, -0.1) is 11.3 Å². The van der Waals surface area contributed by atoms with Crippen molar-refractivity contribution in [3.8, 4) is 0 Å². The molecule has 1 amide bonds. The van der Waals surface area contributed by atoms with Crippen LogP contribution in [0.5, 0.6) is 0 Å². The maximum absolute atomic E-state index is 12.4. The summed E-state index contributed by atoms with van der Waals surface area (Å²) in [6.45, 7) is -0.101. The molecule has 1 aliphatic heterocycles. The second-order valence-corrected chi connectivity index (χ2v) is 7.22. The third-order valence-electron chi connectivity index (χ3n) is 3.54. The van der Waals surface area contributed by atoms with Crippen LogP contribution in [0.25, 0.3) is 0 Å². The summed E-state index contributed by atoms with van der Waals surface area (Å²) in [5.74, 6) is 2.04. The SMILES string of the molecule is O=C(N[C@H](CO)c1ccccc1)c1cc2c(s1)CCSC2. The summed E-state index contributed by atoms with van der Waals surface area (Å²) < 4.78 is 0. The zero-order valence-corrected chi connectivity index (χ0v) is 13.2. The molecular formula is C16H17NO2S2. The van der Waals surface area contributed by atoms with Crippen LogP contribution in [0.2, 0.25) is 0 Å². The molecular weight excluding hydrogens is 302 g/mol. The zero-order chi connectivity index (χ0) is 14.7. The van der Waals surface area contributed by atoms with E-state index in [0.29, 0.717) is 0 Å². The van der Waals surface area contributed by atoms with Gasteiger partial charge < -0.3 is 10.4 Å². The van der Waals surface area contributed by atoms with E-state index in [1.54, 1.807) is 11.3 Å². The summed E-state index contributed by atoms with van der Waals surface area (Å²) in [4.78, 5) is 14.5. The number of benzene rings is 1. The van der Waals surface area contributed by atoms with Gasteiger partial charge in [0.25, 0.3) is 5.91 Å².